The van der Waals surface area contributed by atoms with Crippen LogP contribution in [0.15, 0.2) is 65.1 Å². The molecule has 0 bridgehead atoms. The molecule has 0 heterocycles. The van der Waals surface area contributed by atoms with Crippen LogP contribution in [0.25, 0.3) is 0 Å². The number of aryl methyl sites for hydroxylation is 2. The van der Waals surface area contributed by atoms with Gasteiger partial charge in [-0.25, -0.2) is 0 Å². The summed E-state index contributed by atoms with van der Waals surface area (Å²) in [4.78, 5) is 0. The van der Waals surface area contributed by atoms with E-state index in [0.717, 1.165) is 32.1 Å². The molecule has 0 saturated heterocycles. The van der Waals surface area contributed by atoms with E-state index in [9.17, 15) is 0 Å². The van der Waals surface area contributed by atoms with Crippen molar-refractivity contribution in [2.45, 2.75) is 27.0 Å². The lowest BCUT2D eigenvalue weighted by Crippen LogP contribution is -2.05. The molecule has 3 rings (SSSR count). The molecule has 2 nitrogen and oxygen atoms in total. The van der Waals surface area contributed by atoms with Gasteiger partial charge in [0.1, 0.15) is 12.4 Å². The normalized spacial score (nSPS) is 10.6. The van der Waals surface area contributed by atoms with Gasteiger partial charge in [-0.05, 0) is 66.9 Å². The number of rotatable bonds is 6. The summed E-state index contributed by atoms with van der Waals surface area (Å²) in [6.45, 7) is 5.38. The van der Waals surface area contributed by atoms with Crippen LogP contribution in [0.3, 0.4) is 0 Å². The number of halogens is 2. The highest BCUT2D eigenvalue weighted by Gasteiger charge is 2.07. The Balaban J connectivity index is 1.74. The number of hydrogen-bond acceptors (Lipinski definition) is 2. The van der Waals surface area contributed by atoms with E-state index < -0.39 is 0 Å². The summed E-state index contributed by atoms with van der Waals surface area (Å²) >= 11 is 9.61. The first kappa shape index (κ1) is 18.8. The molecule has 1 N–H and O–H groups in total. The van der Waals surface area contributed by atoms with Gasteiger partial charge in [0.15, 0.2) is 0 Å². The molecule has 3 aromatic carbocycles. The first-order valence-corrected chi connectivity index (χ1v) is 9.65. The molecule has 0 amide bonds. The third-order valence-electron chi connectivity index (χ3n) is 4.17. The Hall–Kier alpha value is -1.97. The second-order valence-corrected chi connectivity index (χ2v) is 7.69. The number of hydrogen-bond donors (Lipinski definition) is 1. The number of nitrogens with one attached hydrogen (secondary N) is 1. The van der Waals surface area contributed by atoms with Crippen LogP contribution in [-0.4, -0.2) is 0 Å². The summed E-state index contributed by atoms with van der Waals surface area (Å²) in [5.74, 6) is 0.867. The summed E-state index contributed by atoms with van der Waals surface area (Å²) in [7, 11) is 0. The molecule has 0 aliphatic carbocycles. The van der Waals surface area contributed by atoms with Crippen LogP contribution in [0.5, 0.6) is 5.75 Å². The lowest BCUT2D eigenvalue weighted by molar-refractivity contribution is 0.303. The van der Waals surface area contributed by atoms with Crippen LogP contribution >= 0.6 is 27.5 Å². The van der Waals surface area contributed by atoms with E-state index in [1.165, 1.54) is 11.1 Å². The first-order valence-electron chi connectivity index (χ1n) is 8.48. The van der Waals surface area contributed by atoms with E-state index in [4.69, 9.17) is 16.3 Å². The third-order valence-corrected chi connectivity index (χ3v) is 4.90. The Kier molecular flexibility index (Phi) is 6.23. The van der Waals surface area contributed by atoms with Gasteiger partial charge in [0.25, 0.3) is 0 Å². The molecule has 0 radical (unpaired) electrons. The number of anilines is 1. The van der Waals surface area contributed by atoms with E-state index in [2.05, 4.69) is 59.4 Å². The SMILES string of the molecule is Cc1ccc(C)c(NCc2cc(Br)ccc2OCc2cccc(Cl)c2)c1. The van der Waals surface area contributed by atoms with Crippen LogP contribution < -0.4 is 10.1 Å². The van der Waals surface area contributed by atoms with E-state index in [1.54, 1.807) is 0 Å². The Labute approximate surface area is 168 Å². The second-order valence-electron chi connectivity index (χ2n) is 6.34. The molecule has 0 aromatic heterocycles. The van der Waals surface area contributed by atoms with Gasteiger partial charge in [-0.1, -0.05) is 51.8 Å². The topological polar surface area (TPSA) is 21.3 Å². The van der Waals surface area contributed by atoms with Gasteiger partial charge >= 0.3 is 0 Å². The quantitative estimate of drug-likeness (QED) is 0.458. The van der Waals surface area contributed by atoms with Crippen molar-refractivity contribution in [1.82, 2.24) is 0 Å². The van der Waals surface area contributed by atoms with Gasteiger partial charge in [0.2, 0.25) is 0 Å². The van der Waals surface area contributed by atoms with Crippen molar-refractivity contribution in [3.05, 3.63) is 92.4 Å². The van der Waals surface area contributed by atoms with Crippen LogP contribution in [0.2, 0.25) is 5.02 Å². The maximum Gasteiger partial charge on any atom is 0.124 e. The standard InChI is InChI=1S/C22H21BrClNO/c1-15-6-7-16(2)21(10-15)25-13-18-12-19(23)8-9-22(18)26-14-17-4-3-5-20(24)11-17/h3-12,25H,13-14H2,1-2H3. The van der Waals surface area contributed by atoms with E-state index >= 15 is 0 Å². The van der Waals surface area contributed by atoms with Crippen molar-refractivity contribution >= 4 is 33.2 Å². The van der Waals surface area contributed by atoms with Gasteiger partial charge in [-0.2, -0.15) is 0 Å². The average molecular weight is 431 g/mol. The van der Waals surface area contributed by atoms with Gasteiger partial charge < -0.3 is 10.1 Å². The Morgan fingerprint density at radius 3 is 2.65 bits per heavy atom. The monoisotopic (exact) mass is 429 g/mol. The molecule has 134 valence electrons. The van der Waals surface area contributed by atoms with Crippen molar-refractivity contribution < 1.29 is 4.74 Å². The summed E-state index contributed by atoms with van der Waals surface area (Å²) in [5.41, 5.74) is 5.76. The van der Waals surface area contributed by atoms with E-state index in [1.807, 2.05) is 36.4 Å². The number of ether oxygens (including phenoxy) is 1. The van der Waals surface area contributed by atoms with Crippen molar-refractivity contribution in [3.8, 4) is 5.75 Å². The molecule has 0 aliphatic heterocycles. The van der Waals surface area contributed by atoms with Crippen LogP contribution in [0.4, 0.5) is 5.69 Å². The molecular weight excluding hydrogens is 410 g/mol. The zero-order chi connectivity index (χ0) is 18.5. The molecule has 3 aromatic rings. The molecular formula is C22H21BrClNO. The Morgan fingerprint density at radius 1 is 1.00 bits per heavy atom. The third kappa shape index (κ3) is 5.03. The van der Waals surface area contributed by atoms with Crippen molar-refractivity contribution in [2.24, 2.45) is 0 Å². The smallest absolute Gasteiger partial charge is 0.124 e. The fraction of sp³-hybridized carbons (Fsp3) is 0.182. The van der Waals surface area contributed by atoms with Gasteiger partial charge in [0, 0.05) is 27.3 Å². The maximum absolute atomic E-state index is 6.06. The molecule has 26 heavy (non-hydrogen) atoms. The average Bonchev–Trinajstić information content (AvgIpc) is 2.62. The van der Waals surface area contributed by atoms with Gasteiger partial charge in [-0.15, -0.1) is 0 Å². The minimum atomic E-state index is 0.485. The highest BCUT2D eigenvalue weighted by molar-refractivity contribution is 9.10. The zero-order valence-electron chi connectivity index (χ0n) is 14.9. The predicted molar refractivity (Wildman–Crippen MR) is 113 cm³/mol. The molecule has 0 aliphatic rings. The molecule has 4 heteroatoms. The Bertz CT molecular complexity index is 910. The van der Waals surface area contributed by atoms with Crippen molar-refractivity contribution in [2.75, 3.05) is 5.32 Å². The summed E-state index contributed by atoms with van der Waals surface area (Å²) in [5, 5.41) is 4.24. The van der Waals surface area contributed by atoms with Crippen LogP contribution in [0, 0.1) is 13.8 Å². The minimum absolute atomic E-state index is 0.485. The van der Waals surface area contributed by atoms with Crippen LogP contribution in [0.1, 0.15) is 22.3 Å². The second kappa shape index (κ2) is 8.61. The number of benzene rings is 3. The van der Waals surface area contributed by atoms with E-state index in [0.29, 0.717) is 13.2 Å². The predicted octanol–water partition coefficient (Wildman–Crippen LogP) is 6.91. The lowest BCUT2D eigenvalue weighted by atomic mass is 10.1. The first-order chi connectivity index (χ1) is 12.5. The zero-order valence-corrected chi connectivity index (χ0v) is 17.2. The fourth-order valence-corrected chi connectivity index (χ4v) is 3.35. The molecule has 0 unspecified atom stereocenters. The summed E-state index contributed by atoms with van der Waals surface area (Å²) in [6.07, 6.45) is 0. The van der Waals surface area contributed by atoms with E-state index in [-0.39, 0.29) is 0 Å². The molecule has 0 saturated carbocycles. The maximum atomic E-state index is 6.06. The highest BCUT2D eigenvalue weighted by Crippen LogP contribution is 2.26. The lowest BCUT2D eigenvalue weighted by Gasteiger charge is -2.15. The fourth-order valence-electron chi connectivity index (χ4n) is 2.73. The summed E-state index contributed by atoms with van der Waals surface area (Å²) < 4.78 is 7.09. The van der Waals surface area contributed by atoms with Gasteiger partial charge in [0.05, 0.1) is 0 Å². The Morgan fingerprint density at radius 2 is 1.85 bits per heavy atom. The van der Waals surface area contributed by atoms with Gasteiger partial charge in [-0.3, -0.25) is 0 Å². The highest BCUT2D eigenvalue weighted by atomic mass is 79.9. The van der Waals surface area contributed by atoms with Crippen LogP contribution in [-0.2, 0) is 13.2 Å². The van der Waals surface area contributed by atoms with Crippen molar-refractivity contribution in [1.29, 1.82) is 0 Å². The largest absolute Gasteiger partial charge is 0.489 e. The molecule has 0 atom stereocenters. The minimum Gasteiger partial charge on any atom is -0.489 e. The molecule has 0 fully saturated rings. The van der Waals surface area contributed by atoms with Crippen molar-refractivity contribution in [3.63, 3.8) is 0 Å². The molecule has 0 spiro atoms. The summed E-state index contributed by atoms with van der Waals surface area (Å²) in [6, 6.07) is 20.2.